The largest absolute Gasteiger partial charge is 0.373 e. The van der Waals surface area contributed by atoms with Crippen LogP contribution in [0.4, 0.5) is 0 Å². The fraction of sp³-hybridized carbons (Fsp3) is 0.600. The van der Waals surface area contributed by atoms with Crippen LogP contribution < -0.4 is 0 Å². The van der Waals surface area contributed by atoms with E-state index in [9.17, 15) is 4.79 Å². The summed E-state index contributed by atoms with van der Waals surface area (Å²) in [7, 11) is 0. The van der Waals surface area contributed by atoms with E-state index in [1.807, 2.05) is 4.57 Å². The van der Waals surface area contributed by atoms with Gasteiger partial charge in [-0.3, -0.25) is 4.79 Å². The summed E-state index contributed by atoms with van der Waals surface area (Å²) in [5.41, 5.74) is 0.658. The summed E-state index contributed by atoms with van der Waals surface area (Å²) in [5, 5.41) is 0. The molecular weight excluding hydrogens is 180 g/mol. The van der Waals surface area contributed by atoms with Crippen LogP contribution in [0.15, 0.2) is 12.5 Å². The van der Waals surface area contributed by atoms with Crippen LogP contribution in [0.2, 0.25) is 0 Å². The number of carbonyl (C=O) groups is 1. The Morgan fingerprint density at radius 3 is 3.14 bits per heavy atom. The minimum absolute atomic E-state index is 0.299. The topological polar surface area (TPSA) is 44.1 Å². The molecule has 0 amide bonds. The second-order valence-electron chi connectivity index (χ2n) is 4.02. The van der Waals surface area contributed by atoms with Gasteiger partial charge in [0, 0.05) is 0 Å². The number of hydrogen-bond donors (Lipinski definition) is 0. The highest BCUT2D eigenvalue weighted by Gasteiger charge is 2.42. The molecular formula is C10H12N2O2. The van der Waals surface area contributed by atoms with Crippen LogP contribution in [0.1, 0.15) is 35.8 Å². The minimum atomic E-state index is 0.299. The molecule has 1 aromatic heterocycles. The number of aromatic nitrogens is 2. The third-order valence-corrected chi connectivity index (χ3v) is 3.25. The highest BCUT2D eigenvalue weighted by atomic mass is 16.5. The van der Waals surface area contributed by atoms with Crippen LogP contribution in [0.5, 0.6) is 0 Å². The van der Waals surface area contributed by atoms with Gasteiger partial charge in [-0.25, -0.2) is 4.98 Å². The summed E-state index contributed by atoms with van der Waals surface area (Å²) < 4.78 is 7.70. The first kappa shape index (κ1) is 8.17. The molecule has 0 radical (unpaired) electrons. The van der Waals surface area contributed by atoms with E-state index in [0.29, 0.717) is 23.9 Å². The van der Waals surface area contributed by atoms with Gasteiger partial charge in [0.25, 0.3) is 0 Å². The molecule has 2 bridgehead atoms. The van der Waals surface area contributed by atoms with Crippen molar-refractivity contribution in [2.24, 2.45) is 0 Å². The number of rotatable bonds is 2. The van der Waals surface area contributed by atoms with Crippen molar-refractivity contribution in [3.05, 3.63) is 18.2 Å². The summed E-state index contributed by atoms with van der Waals surface area (Å²) in [5.74, 6) is 0. The molecule has 1 aromatic rings. The lowest BCUT2D eigenvalue weighted by molar-refractivity contribution is 0.0930. The minimum Gasteiger partial charge on any atom is -0.373 e. The lowest BCUT2D eigenvalue weighted by Crippen LogP contribution is -2.21. The first-order chi connectivity index (χ1) is 6.88. The van der Waals surface area contributed by atoms with Crippen molar-refractivity contribution < 1.29 is 9.53 Å². The van der Waals surface area contributed by atoms with E-state index in [1.54, 1.807) is 12.5 Å². The highest BCUT2D eigenvalue weighted by Crippen LogP contribution is 2.41. The van der Waals surface area contributed by atoms with Gasteiger partial charge in [0.05, 0.1) is 30.8 Å². The lowest BCUT2D eigenvalue weighted by atomic mass is 9.95. The lowest BCUT2D eigenvalue weighted by Gasteiger charge is -2.20. The molecule has 0 aliphatic carbocycles. The Morgan fingerprint density at radius 2 is 2.50 bits per heavy atom. The standard InChI is InChI=1S/C10H12N2O2/c13-5-7-4-11-6-12(7)9-3-8-1-2-10(9)14-8/h4-6,8-10H,1-3H2. The van der Waals surface area contributed by atoms with Gasteiger partial charge < -0.3 is 9.30 Å². The Balaban J connectivity index is 1.92. The zero-order chi connectivity index (χ0) is 9.54. The third-order valence-electron chi connectivity index (χ3n) is 3.25. The molecule has 2 saturated heterocycles. The monoisotopic (exact) mass is 192 g/mol. The predicted molar refractivity (Wildman–Crippen MR) is 49.2 cm³/mol. The predicted octanol–water partition coefficient (Wildman–Crippen LogP) is 1.19. The summed E-state index contributed by atoms with van der Waals surface area (Å²) >= 11 is 0. The maximum Gasteiger partial charge on any atom is 0.168 e. The van der Waals surface area contributed by atoms with Gasteiger partial charge in [-0.2, -0.15) is 0 Å². The summed E-state index contributed by atoms with van der Waals surface area (Å²) in [6, 6.07) is 0.330. The number of carbonyl (C=O) groups excluding carboxylic acids is 1. The third kappa shape index (κ3) is 1.04. The molecule has 2 aliphatic rings. The van der Waals surface area contributed by atoms with Gasteiger partial charge in [-0.1, -0.05) is 0 Å². The van der Waals surface area contributed by atoms with Crippen molar-refractivity contribution in [3.63, 3.8) is 0 Å². The molecule has 3 heterocycles. The molecule has 74 valence electrons. The summed E-state index contributed by atoms with van der Waals surface area (Å²) in [6.45, 7) is 0. The Kier molecular flexibility index (Phi) is 1.70. The normalized spacial score (nSPS) is 35.0. The van der Waals surface area contributed by atoms with Gasteiger partial charge in [0.1, 0.15) is 5.69 Å². The molecule has 2 aliphatic heterocycles. The Hall–Kier alpha value is -1.16. The molecule has 3 unspecified atom stereocenters. The summed E-state index contributed by atoms with van der Waals surface area (Å²) in [4.78, 5) is 14.7. The van der Waals surface area contributed by atoms with Crippen LogP contribution in [0.25, 0.3) is 0 Å². The van der Waals surface area contributed by atoms with Gasteiger partial charge in [-0.15, -0.1) is 0 Å². The van der Waals surface area contributed by atoms with Crippen LogP contribution in [-0.4, -0.2) is 28.0 Å². The Labute approximate surface area is 81.9 Å². The van der Waals surface area contributed by atoms with E-state index >= 15 is 0 Å². The first-order valence-electron chi connectivity index (χ1n) is 5.01. The zero-order valence-corrected chi connectivity index (χ0v) is 7.80. The van der Waals surface area contributed by atoms with E-state index in [-0.39, 0.29) is 0 Å². The zero-order valence-electron chi connectivity index (χ0n) is 7.80. The maximum atomic E-state index is 10.7. The SMILES string of the molecule is O=Cc1cncn1C1CC2CCC1O2. The molecule has 0 N–H and O–H groups in total. The van der Waals surface area contributed by atoms with E-state index in [4.69, 9.17) is 4.74 Å². The Bertz CT molecular complexity index is 361. The molecule has 0 saturated carbocycles. The number of fused-ring (bicyclic) bond motifs is 2. The van der Waals surface area contributed by atoms with E-state index < -0.39 is 0 Å². The second kappa shape index (κ2) is 2.92. The van der Waals surface area contributed by atoms with Gasteiger partial charge >= 0.3 is 0 Å². The number of imidazole rings is 1. The number of ether oxygens (including phenoxy) is 1. The fourth-order valence-corrected chi connectivity index (χ4v) is 2.59. The van der Waals surface area contributed by atoms with Crippen LogP contribution in [0.3, 0.4) is 0 Å². The number of aldehydes is 1. The van der Waals surface area contributed by atoms with Crippen molar-refractivity contribution in [2.75, 3.05) is 0 Å². The molecule has 4 heteroatoms. The smallest absolute Gasteiger partial charge is 0.168 e. The quantitative estimate of drug-likeness (QED) is 0.661. The van der Waals surface area contributed by atoms with Gasteiger partial charge in [-0.05, 0) is 19.3 Å². The average molecular weight is 192 g/mol. The van der Waals surface area contributed by atoms with E-state index in [0.717, 1.165) is 19.1 Å². The molecule has 0 aromatic carbocycles. The van der Waals surface area contributed by atoms with Crippen LogP contribution >= 0.6 is 0 Å². The molecule has 2 fully saturated rings. The van der Waals surface area contributed by atoms with Crippen LogP contribution in [0, 0.1) is 0 Å². The van der Waals surface area contributed by atoms with Crippen molar-refractivity contribution in [1.29, 1.82) is 0 Å². The second-order valence-corrected chi connectivity index (χ2v) is 4.02. The highest BCUT2D eigenvalue weighted by molar-refractivity contribution is 5.71. The van der Waals surface area contributed by atoms with Gasteiger partial charge in [0.2, 0.25) is 0 Å². The maximum absolute atomic E-state index is 10.7. The fourth-order valence-electron chi connectivity index (χ4n) is 2.59. The molecule has 4 nitrogen and oxygen atoms in total. The van der Waals surface area contributed by atoms with Gasteiger partial charge in [0.15, 0.2) is 6.29 Å². The van der Waals surface area contributed by atoms with Crippen molar-refractivity contribution >= 4 is 6.29 Å². The van der Waals surface area contributed by atoms with Crippen molar-refractivity contribution in [1.82, 2.24) is 9.55 Å². The number of nitrogens with zero attached hydrogens (tertiary/aromatic N) is 2. The van der Waals surface area contributed by atoms with E-state index in [1.165, 1.54) is 6.42 Å². The average Bonchev–Trinajstić information content (AvgIpc) is 2.92. The molecule has 3 atom stereocenters. The Morgan fingerprint density at radius 1 is 1.57 bits per heavy atom. The summed E-state index contributed by atoms with van der Waals surface area (Å²) in [6.07, 6.45) is 8.23. The van der Waals surface area contributed by atoms with Crippen molar-refractivity contribution in [2.45, 2.75) is 37.5 Å². The van der Waals surface area contributed by atoms with E-state index in [2.05, 4.69) is 4.98 Å². The molecule has 14 heavy (non-hydrogen) atoms. The molecule has 0 spiro atoms. The first-order valence-corrected chi connectivity index (χ1v) is 5.01. The van der Waals surface area contributed by atoms with Crippen LogP contribution in [-0.2, 0) is 4.74 Å². The number of hydrogen-bond acceptors (Lipinski definition) is 3. The van der Waals surface area contributed by atoms with Crippen molar-refractivity contribution in [3.8, 4) is 0 Å². The molecule has 3 rings (SSSR count).